The van der Waals surface area contributed by atoms with Crippen LogP contribution in [0.25, 0.3) is 0 Å². The van der Waals surface area contributed by atoms with E-state index in [-0.39, 0.29) is 10.7 Å². The van der Waals surface area contributed by atoms with Crippen molar-refractivity contribution in [3.8, 4) is 0 Å². The maximum atomic E-state index is 12.1. The summed E-state index contributed by atoms with van der Waals surface area (Å²) in [7, 11) is -0.597. The van der Waals surface area contributed by atoms with Crippen LogP contribution in [-0.2, 0) is 10.0 Å². The lowest BCUT2D eigenvalue weighted by atomic mass is 10.5. The molecule has 0 atom stereocenters. The van der Waals surface area contributed by atoms with Gasteiger partial charge >= 0.3 is 0 Å². The molecule has 0 radical (unpaired) electrons. The molecule has 1 heterocycles. The van der Waals surface area contributed by atoms with Crippen LogP contribution < -0.4 is 11.1 Å². The first-order chi connectivity index (χ1) is 8.41. The van der Waals surface area contributed by atoms with Crippen LogP contribution in [0.2, 0.25) is 0 Å². The number of nitrogens with zero attached hydrogens (tertiary/aromatic N) is 2. The average molecular weight is 310 g/mol. The Balaban J connectivity index is 2.89. The quantitative estimate of drug-likeness (QED) is 0.734. The number of sulfonamides is 1. The SMILES string of the molecule is CSCCCNc1snc(N)c1S(=O)(=O)N(C)C. The highest BCUT2D eigenvalue weighted by Crippen LogP contribution is 2.32. The van der Waals surface area contributed by atoms with Crippen LogP contribution in [-0.4, -0.2) is 49.7 Å². The predicted molar refractivity (Wildman–Crippen MR) is 78.9 cm³/mol. The number of aromatic nitrogens is 1. The Kier molecular flexibility index (Phi) is 5.70. The highest BCUT2D eigenvalue weighted by Gasteiger charge is 2.27. The van der Waals surface area contributed by atoms with Crippen molar-refractivity contribution in [1.82, 2.24) is 8.68 Å². The summed E-state index contributed by atoms with van der Waals surface area (Å²) in [5, 5.41) is 3.60. The molecule has 0 aliphatic heterocycles. The Labute approximate surface area is 116 Å². The van der Waals surface area contributed by atoms with Gasteiger partial charge in [0.25, 0.3) is 0 Å². The monoisotopic (exact) mass is 310 g/mol. The molecule has 0 saturated heterocycles. The van der Waals surface area contributed by atoms with Gasteiger partial charge in [0, 0.05) is 20.6 Å². The van der Waals surface area contributed by atoms with Crippen molar-refractivity contribution in [2.75, 3.05) is 43.7 Å². The van der Waals surface area contributed by atoms with Gasteiger partial charge in [0.2, 0.25) is 10.0 Å². The molecular formula is C9H18N4O2S3. The van der Waals surface area contributed by atoms with E-state index >= 15 is 0 Å². The summed E-state index contributed by atoms with van der Waals surface area (Å²) in [6, 6.07) is 0. The fourth-order valence-corrected chi connectivity index (χ4v) is 3.79. The molecule has 6 nitrogen and oxygen atoms in total. The lowest BCUT2D eigenvalue weighted by Crippen LogP contribution is -2.23. The third-order valence-electron chi connectivity index (χ3n) is 2.22. The number of rotatable bonds is 7. The van der Waals surface area contributed by atoms with E-state index < -0.39 is 10.0 Å². The minimum atomic E-state index is -3.55. The summed E-state index contributed by atoms with van der Waals surface area (Å²) < 4.78 is 29.2. The Morgan fingerprint density at radius 3 is 2.72 bits per heavy atom. The van der Waals surface area contributed by atoms with Crippen molar-refractivity contribution in [3.05, 3.63) is 0 Å². The minimum Gasteiger partial charge on any atom is -0.382 e. The zero-order valence-corrected chi connectivity index (χ0v) is 13.1. The number of thioether (sulfide) groups is 1. The average Bonchev–Trinajstić information content (AvgIpc) is 2.66. The number of hydrogen-bond donors (Lipinski definition) is 2. The van der Waals surface area contributed by atoms with E-state index in [1.807, 2.05) is 6.26 Å². The Morgan fingerprint density at radius 1 is 1.50 bits per heavy atom. The van der Waals surface area contributed by atoms with E-state index in [0.717, 1.165) is 28.0 Å². The third kappa shape index (κ3) is 3.50. The summed E-state index contributed by atoms with van der Waals surface area (Å²) in [5.74, 6) is 1.08. The standard InChI is InChI=1S/C9H18N4O2S3/c1-13(2)18(14,15)7-8(10)12-17-9(7)11-5-4-6-16-3/h11H,4-6H2,1-3H3,(H2,10,12). The Morgan fingerprint density at radius 2 is 2.17 bits per heavy atom. The van der Waals surface area contributed by atoms with Gasteiger partial charge in [-0.2, -0.15) is 16.1 Å². The van der Waals surface area contributed by atoms with E-state index in [0.29, 0.717) is 11.5 Å². The molecule has 0 aromatic carbocycles. The molecule has 18 heavy (non-hydrogen) atoms. The Hall–Kier alpha value is -0.510. The van der Waals surface area contributed by atoms with E-state index in [1.165, 1.54) is 14.1 Å². The molecule has 0 spiro atoms. The fourth-order valence-electron chi connectivity index (χ4n) is 1.26. The van der Waals surface area contributed by atoms with Gasteiger partial charge in [0.15, 0.2) is 10.7 Å². The van der Waals surface area contributed by atoms with Crippen LogP contribution in [0, 0.1) is 0 Å². The van der Waals surface area contributed by atoms with Gasteiger partial charge in [-0.1, -0.05) is 0 Å². The van der Waals surface area contributed by atoms with Gasteiger partial charge in [0.1, 0.15) is 5.00 Å². The molecule has 104 valence electrons. The number of nitrogens with two attached hydrogens (primary N) is 1. The largest absolute Gasteiger partial charge is 0.382 e. The second-order valence-electron chi connectivity index (χ2n) is 3.79. The van der Waals surface area contributed by atoms with Crippen LogP contribution >= 0.6 is 23.3 Å². The molecule has 1 rings (SSSR count). The second kappa shape index (κ2) is 6.60. The molecule has 9 heteroatoms. The van der Waals surface area contributed by atoms with Crippen LogP contribution in [0.1, 0.15) is 6.42 Å². The van der Waals surface area contributed by atoms with Crippen molar-refractivity contribution in [2.45, 2.75) is 11.3 Å². The summed E-state index contributed by atoms with van der Waals surface area (Å²) >= 11 is 2.83. The first-order valence-corrected chi connectivity index (χ1v) is 8.92. The van der Waals surface area contributed by atoms with E-state index in [2.05, 4.69) is 9.69 Å². The van der Waals surface area contributed by atoms with Gasteiger partial charge in [0.05, 0.1) is 0 Å². The van der Waals surface area contributed by atoms with E-state index in [4.69, 9.17) is 5.73 Å². The number of hydrogen-bond acceptors (Lipinski definition) is 7. The molecule has 0 bridgehead atoms. The summed E-state index contributed by atoms with van der Waals surface area (Å²) in [4.78, 5) is 0.0849. The van der Waals surface area contributed by atoms with Crippen LogP contribution in [0.5, 0.6) is 0 Å². The highest BCUT2D eigenvalue weighted by atomic mass is 32.2. The lowest BCUT2D eigenvalue weighted by molar-refractivity contribution is 0.521. The molecule has 0 aliphatic carbocycles. The molecule has 0 fully saturated rings. The molecule has 1 aromatic rings. The summed E-state index contributed by atoms with van der Waals surface area (Å²) in [5.41, 5.74) is 5.65. The summed E-state index contributed by atoms with van der Waals surface area (Å²) in [6.45, 7) is 0.707. The van der Waals surface area contributed by atoms with Crippen LogP contribution in [0.3, 0.4) is 0 Å². The normalized spacial score (nSPS) is 12.0. The number of nitrogens with one attached hydrogen (secondary N) is 1. The van der Waals surface area contributed by atoms with Crippen molar-refractivity contribution in [2.24, 2.45) is 0 Å². The van der Waals surface area contributed by atoms with Crippen molar-refractivity contribution in [1.29, 1.82) is 0 Å². The van der Waals surface area contributed by atoms with E-state index in [1.54, 1.807) is 11.8 Å². The van der Waals surface area contributed by atoms with Gasteiger partial charge in [-0.25, -0.2) is 12.7 Å². The zero-order valence-electron chi connectivity index (χ0n) is 10.6. The van der Waals surface area contributed by atoms with Crippen LogP contribution in [0.15, 0.2) is 4.90 Å². The number of anilines is 2. The maximum absolute atomic E-state index is 12.1. The van der Waals surface area contributed by atoms with Crippen molar-refractivity contribution in [3.63, 3.8) is 0 Å². The Bertz CT molecular complexity index is 484. The molecule has 0 unspecified atom stereocenters. The first-order valence-electron chi connectivity index (χ1n) is 5.31. The topological polar surface area (TPSA) is 88.3 Å². The smallest absolute Gasteiger partial charge is 0.249 e. The maximum Gasteiger partial charge on any atom is 0.249 e. The van der Waals surface area contributed by atoms with Crippen molar-refractivity contribution < 1.29 is 8.42 Å². The molecular weight excluding hydrogens is 292 g/mol. The predicted octanol–water partition coefficient (Wildman–Crippen LogP) is 1.14. The van der Waals surface area contributed by atoms with Crippen LogP contribution in [0.4, 0.5) is 10.8 Å². The zero-order chi connectivity index (χ0) is 13.8. The van der Waals surface area contributed by atoms with Crippen molar-refractivity contribution >= 4 is 44.1 Å². The van der Waals surface area contributed by atoms with Gasteiger partial charge in [-0.05, 0) is 30.0 Å². The molecule has 3 N–H and O–H groups in total. The van der Waals surface area contributed by atoms with Gasteiger partial charge < -0.3 is 11.1 Å². The summed E-state index contributed by atoms with van der Waals surface area (Å²) in [6.07, 6.45) is 2.99. The molecule has 0 aliphatic rings. The highest BCUT2D eigenvalue weighted by molar-refractivity contribution is 7.98. The first kappa shape index (κ1) is 15.5. The van der Waals surface area contributed by atoms with Gasteiger partial charge in [-0.15, -0.1) is 0 Å². The van der Waals surface area contributed by atoms with E-state index in [9.17, 15) is 8.42 Å². The number of nitrogen functional groups attached to an aromatic ring is 1. The lowest BCUT2D eigenvalue weighted by Gasteiger charge is -2.12. The minimum absolute atomic E-state index is 0.0565. The molecule has 0 saturated carbocycles. The second-order valence-corrected chi connectivity index (χ2v) is 7.63. The van der Waals surface area contributed by atoms with Gasteiger partial charge in [-0.3, -0.25) is 0 Å². The molecule has 1 aromatic heterocycles. The third-order valence-corrected chi connectivity index (χ3v) is 5.76. The molecule has 0 amide bonds. The fraction of sp³-hybridized carbons (Fsp3) is 0.667.